The molecule has 0 atom stereocenters. The second-order valence-electron chi connectivity index (χ2n) is 2.90. The van der Waals surface area contributed by atoms with E-state index in [1.165, 1.54) is 5.56 Å². The molecule has 3 heteroatoms. The van der Waals surface area contributed by atoms with Crippen LogP contribution in [-0.2, 0) is 16.5 Å². The molecular weight excluding hydrogens is 296 g/mol. The Bertz CT molecular complexity index is 321. The van der Waals surface area contributed by atoms with Crippen molar-refractivity contribution in [3.05, 3.63) is 33.8 Å². The van der Waals surface area contributed by atoms with Crippen molar-refractivity contribution in [1.82, 2.24) is 0 Å². The smallest absolute Gasteiger partial charge is 0.134 e. The Morgan fingerprint density at radius 2 is 2.00 bits per heavy atom. The predicted octanol–water partition coefficient (Wildman–Crippen LogP) is 3.48. The van der Waals surface area contributed by atoms with Gasteiger partial charge in [-0.1, -0.05) is 50.1 Å². The molecule has 0 aliphatic rings. The fourth-order valence-corrected chi connectivity index (χ4v) is 2.53. The van der Waals surface area contributed by atoms with Crippen molar-refractivity contribution in [2.45, 2.75) is 18.7 Å². The highest BCUT2D eigenvalue weighted by atomic mass is 79.9. The molecule has 0 saturated carbocycles. The summed E-state index contributed by atoms with van der Waals surface area (Å²) in [5.41, 5.74) is 2.24. The van der Waals surface area contributed by atoms with Crippen molar-refractivity contribution in [2.24, 2.45) is 0 Å². The number of benzene rings is 1. The maximum Gasteiger partial charge on any atom is 0.134 e. The summed E-state index contributed by atoms with van der Waals surface area (Å²) in [6.07, 6.45) is 0.501. The van der Waals surface area contributed by atoms with Gasteiger partial charge in [0.1, 0.15) is 5.78 Å². The van der Waals surface area contributed by atoms with E-state index in [1.807, 2.05) is 18.2 Å². The van der Waals surface area contributed by atoms with Crippen LogP contribution >= 0.6 is 31.9 Å². The molecular formula is C10H10Br2O. The fraction of sp³-hybridized carbons (Fsp3) is 0.300. The first-order valence-corrected chi connectivity index (χ1v) is 5.88. The maximum atomic E-state index is 10.9. The predicted molar refractivity (Wildman–Crippen MR) is 61.2 cm³/mol. The molecule has 0 unspecified atom stereocenters. The minimum Gasteiger partial charge on any atom is -0.300 e. The molecule has 1 aromatic rings. The van der Waals surface area contributed by atoms with Crippen molar-refractivity contribution in [3.63, 3.8) is 0 Å². The first-order chi connectivity index (χ1) is 6.15. The van der Waals surface area contributed by atoms with Crippen LogP contribution in [0.3, 0.4) is 0 Å². The Balaban J connectivity index is 3.01. The molecule has 0 fully saturated rings. The van der Waals surface area contributed by atoms with Gasteiger partial charge in [-0.05, 0) is 18.1 Å². The van der Waals surface area contributed by atoms with Crippen LogP contribution in [0.2, 0.25) is 0 Å². The second kappa shape index (κ2) is 4.91. The van der Waals surface area contributed by atoms with E-state index in [-0.39, 0.29) is 5.78 Å². The van der Waals surface area contributed by atoms with Crippen LogP contribution in [0.15, 0.2) is 22.7 Å². The van der Waals surface area contributed by atoms with E-state index in [0.717, 1.165) is 15.4 Å². The van der Waals surface area contributed by atoms with Gasteiger partial charge in [0, 0.05) is 16.2 Å². The van der Waals surface area contributed by atoms with Gasteiger partial charge in [-0.3, -0.25) is 4.79 Å². The molecule has 0 amide bonds. The number of alkyl halides is 1. The second-order valence-corrected chi connectivity index (χ2v) is 4.26. The third-order valence-corrected chi connectivity index (χ3v) is 3.36. The molecule has 13 heavy (non-hydrogen) atoms. The standard InChI is InChI=1S/C10H10Br2O/c1-7(13)5-8-3-2-4-9(6-11)10(8)12/h2-4H,5-6H2,1H3. The summed E-state index contributed by atoms with van der Waals surface area (Å²) in [5, 5.41) is 0.805. The number of ketones is 1. The summed E-state index contributed by atoms with van der Waals surface area (Å²) in [5.74, 6) is 0.187. The zero-order valence-corrected chi connectivity index (χ0v) is 10.5. The lowest BCUT2D eigenvalue weighted by Gasteiger charge is -2.05. The number of rotatable bonds is 3. The van der Waals surface area contributed by atoms with Crippen molar-refractivity contribution in [2.75, 3.05) is 0 Å². The normalized spacial score (nSPS) is 10.1. The van der Waals surface area contributed by atoms with E-state index in [9.17, 15) is 4.79 Å². The first kappa shape index (κ1) is 10.9. The van der Waals surface area contributed by atoms with E-state index in [4.69, 9.17) is 0 Å². The van der Waals surface area contributed by atoms with Gasteiger partial charge in [0.2, 0.25) is 0 Å². The van der Waals surface area contributed by atoms with Crippen molar-refractivity contribution in [3.8, 4) is 0 Å². The third kappa shape index (κ3) is 2.92. The van der Waals surface area contributed by atoms with E-state index in [1.54, 1.807) is 6.92 Å². The molecule has 0 radical (unpaired) electrons. The van der Waals surface area contributed by atoms with Crippen LogP contribution in [0.4, 0.5) is 0 Å². The molecule has 1 rings (SSSR count). The largest absolute Gasteiger partial charge is 0.300 e. The first-order valence-electron chi connectivity index (χ1n) is 3.97. The number of carbonyl (C=O) groups excluding carboxylic acids is 1. The van der Waals surface area contributed by atoms with E-state index < -0.39 is 0 Å². The lowest BCUT2D eigenvalue weighted by molar-refractivity contribution is -0.116. The zero-order valence-electron chi connectivity index (χ0n) is 7.31. The van der Waals surface area contributed by atoms with Crippen LogP contribution in [0.25, 0.3) is 0 Å². The lowest BCUT2D eigenvalue weighted by atomic mass is 10.1. The van der Waals surface area contributed by atoms with Crippen LogP contribution < -0.4 is 0 Å². The van der Waals surface area contributed by atoms with Gasteiger partial charge in [0.15, 0.2) is 0 Å². The highest BCUT2D eigenvalue weighted by Crippen LogP contribution is 2.24. The van der Waals surface area contributed by atoms with Gasteiger partial charge in [-0.15, -0.1) is 0 Å². The quantitative estimate of drug-likeness (QED) is 0.782. The van der Waals surface area contributed by atoms with Crippen LogP contribution in [0, 0.1) is 0 Å². The van der Waals surface area contributed by atoms with Crippen LogP contribution in [0.1, 0.15) is 18.1 Å². The minimum atomic E-state index is 0.187. The molecule has 0 aromatic heterocycles. The highest BCUT2D eigenvalue weighted by molar-refractivity contribution is 9.10. The Morgan fingerprint density at radius 1 is 1.38 bits per heavy atom. The van der Waals surface area contributed by atoms with Crippen molar-refractivity contribution < 1.29 is 4.79 Å². The monoisotopic (exact) mass is 304 g/mol. The van der Waals surface area contributed by atoms with Gasteiger partial charge in [-0.25, -0.2) is 0 Å². The zero-order chi connectivity index (χ0) is 9.84. The van der Waals surface area contributed by atoms with Crippen molar-refractivity contribution >= 4 is 37.6 Å². The maximum absolute atomic E-state index is 10.9. The minimum absolute atomic E-state index is 0.187. The Morgan fingerprint density at radius 3 is 2.54 bits per heavy atom. The van der Waals surface area contributed by atoms with Gasteiger partial charge in [0.05, 0.1) is 0 Å². The molecule has 0 heterocycles. The Hall–Kier alpha value is -0.150. The molecule has 0 bridgehead atoms. The number of halogens is 2. The molecule has 0 aliphatic carbocycles. The van der Waals surface area contributed by atoms with Crippen molar-refractivity contribution in [1.29, 1.82) is 0 Å². The summed E-state index contributed by atoms with van der Waals surface area (Å²) >= 11 is 6.88. The average Bonchev–Trinajstić information content (AvgIpc) is 2.08. The van der Waals surface area contributed by atoms with E-state index in [2.05, 4.69) is 31.9 Å². The summed E-state index contributed by atoms with van der Waals surface area (Å²) < 4.78 is 1.04. The summed E-state index contributed by atoms with van der Waals surface area (Å²) in [6.45, 7) is 1.60. The highest BCUT2D eigenvalue weighted by Gasteiger charge is 2.05. The average molecular weight is 306 g/mol. The summed E-state index contributed by atoms with van der Waals surface area (Å²) in [7, 11) is 0. The number of hydrogen-bond donors (Lipinski definition) is 0. The van der Waals surface area contributed by atoms with Crippen LogP contribution in [-0.4, -0.2) is 5.78 Å². The SMILES string of the molecule is CC(=O)Cc1cccc(CBr)c1Br. The molecule has 0 aliphatic heterocycles. The van der Waals surface area contributed by atoms with Gasteiger partial charge >= 0.3 is 0 Å². The number of carbonyl (C=O) groups is 1. The summed E-state index contributed by atoms with van der Waals surface area (Å²) in [4.78, 5) is 10.9. The molecule has 70 valence electrons. The molecule has 0 saturated heterocycles. The number of Topliss-reactive ketones (excluding diaryl/α,β-unsaturated/α-hetero) is 1. The lowest BCUT2D eigenvalue weighted by Crippen LogP contribution is -1.98. The van der Waals surface area contributed by atoms with Gasteiger partial charge in [0.25, 0.3) is 0 Å². The Kier molecular flexibility index (Phi) is 4.13. The number of hydrogen-bond acceptors (Lipinski definition) is 1. The fourth-order valence-electron chi connectivity index (χ4n) is 1.14. The molecule has 0 N–H and O–H groups in total. The van der Waals surface area contributed by atoms with E-state index >= 15 is 0 Å². The van der Waals surface area contributed by atoms with E-state index in [0.29, 0.717) is 6.42 Å². The molecule has 1 aromatic carbocycles. The Labute approximate surface area is 94.8 Å². The molecule has 1 nitrogen and oxygen atoms in total. The van der Waals surface area contributed by atoms with Crippen LogP contribution in [0.5, 0.6) is 0 Å². The summed E-state index contributed by atoms with van der Waals surface area (Å²) in [6, 6.07) is 5.97. The molecule has 0 spiro atoms. The van der Waals surface area contributed by atoms with Gasteiger partial charge in [-0.2, -0.15) is 0 Å². The van der Waals surface area contributed by atoms with Gasteiger partial charge < -0.3 is 0 Å². The third-order valence-electron chi connectivity index (χ3n) is 1.74. The topological polar surface area (TPSA) is 17.1 Å².